The molecule has 0 radical (unpaired) electrons. The van der Waals surface area contributed by atoms with Gasteiger partial charge in [-0.05, 0) is 30.9 Å². The number of likely N-dealkylation sites (tertiary alicyclic amines) is 1. The molecule has 1 aromatic rings. The van der Waals surface area contributed by atoms with Crippen molar-refractivity contribution in [2.45, 2.75) is 39.3 Å². The van der Waals surface area contributed by atoms with E-state index in [4.69, 9.17) is 9.47 Å². The number of nitrogens with zero attached hydrogens (tertiary/aromatic N) is 2. The number of amides is 1. The molecule has 156 valence electrons. The molecule has 1 amide bonds. The number of ether oxygens (including phenoxy) is 2. The van der Waals surface area contributed by atoms with Gasteiger partial charge in [-0.3, -0.25) is 4.79 Å². The van der Waals surface area contributed by atoms with E-state index in [1.165, 1.54) is 5.56 Å². The smallest absolute Gasteiger partial charge is 0.222 e. The molecule has 0 aliphatic carbocycles. The van der Waals surface area contributed by atoms with Crippen molar-refractivity contribution in [2.24, 2.45) is 4.99 Å². The second-order valence-corrected chi connectivity index (χ2v) is 6.82. The topological polar surface area (TPSA) is 75.2 Å². The highest BCUT2D eigenvalue weighted by Crippen LogP contribution is 2.15. The number of rotatable bonds is 12. The van der Waals surface area contributed by atoms with Crippen LogP contribution in [-0.2, 0) is 27.4 Å². The molecule has 0 aromatic heterocycles. The molecule has 0 bridgehead atoms. The van der Waals surface area contributed by atoms with Gasteiger partial charge in [0.2, 0.25) is 5.91 Å². The minimum absolute atomic E-state index is 0.263. The molecule has 1 aromatic carbocycles. The summed E-state index contributed by atoms with van der Waals surface area (Å²) in [4.78, 5) is 18.3. The summed E-state index contributed by atoms with van der Waals surface area (Å²) in [6.45, 7) is 7.84. The van der Waals surface area contributed by atoms with Crippen molar-refractivity contribution in [3.8, 4) is 0 Å². The maximum atomic E-state index is 11.7. The summed E-state index contributed by atoms with van der Waals surface area (Å²) in [6.07, 6.45) is 2.58. The van der Waals surface area contributed by atoms with Gasteiger partial charge in [0.25, 0.3) is 0 Å². The maximum Gasteiger partial charge on any atom is 0.222 e. The molecule has 0 spiro atoms. The first-order chi connectivity index (χ1) is 13.7. The second kappa shape index (κ2) is 13.1. The average Bonchev–Trinajstić information content (AvgIpc) is 3.11. The van der Waals surface area contributed by atoms with E-state index in [0.717, 1.165) is 44.0 Å². The Labute approximate surface area is 168 Å². The number of nitrogens with one attached hydrogen (secondary N) is 2. The van der Waals surface area contributed by atoms with Crippen LogP contribution in [-0.4, -0.2) is 63.3 Å². The molecule has 1 fully saturated rings. The van der Waals surface area contributed by atoms with Gasteiger partial charge in [0.15, 0.2) is 5.96 Å². The van der Waals surface area contributed by atoms with Gasteiger partial charge < -0.3 is 25.0 Å². The van der Waals surface area contributed by atoms with Crippen LogP contribution < -0.4 is 10.6 Å². The Balaban J connectivity index is 1.74. The van der Waals surface area contributed by atoms with Gasteiger partial charge in [-0.25, -0.2) is 4.99 Å². The Bertz CT molecular complexity index is 604. The normalized spacial score (nSPS) is 14.6. The van der Waals surface area contributed by atoms with Crippen LogP contribution in [0.4, 0.5) is 0 Å². The zero-order valence-corrected chi connectivity index (χ0v) is 17.2. The fraction of sp³-hybridized carbons (Fsp3) is 0.619. The first-order valence-electron chi connectivity index (χ1n) is 10.2. The summed E-state index contributed by atoms with van der Waals surface area (Å²) < 4.78 is 10.4. The van der Waals surface area contributed by atoms with E-state index >= 15 is 0 Å². The van der Waals surface area contributed by atoms with E-state index in [2.05, 4.69) is 46.8 Å². The van der Waals surface area contributed by atoms with Crippen molar-refractivity contribution >= 4 is 11.9 Å². The van der Waals surface area contributed by atoms with E-state index in [1.807, 2.05) is 4.90 Å². The number of hydrogen-bond acceptors (Lipinski definition) is 4. The summed E-state index contributed by atoms with van der Waals surface area (Å²) in [5.74, 6) is 1.07. The van der Waals surface area contributed by atoms with Crippen molar-refractivity contribution in [1.82, 2.24) is 15.5 Å². The lowest BCUT2D eigenvalue weighted by atomic mass is 10.1. The van der Waals surface area contributed by atoms with Crippen molar-refractivity contribution in [3.05, 3.63) is 35.4 Å². The number of benzene rings is 1. The molecule has 1 aliphatic heterocycles. The Morgan fingerprint density at radius 1 is 1.14 bits per heavy atom. The molecule has 0 unspecified atom stereocenters. The predicted octanol–water partition coefficient (Wildman–Crippen LogP) is 1.92. The molecule has 0 saturated carbocycles. The van der Waals surface area contributed by atoms with Crippen LogP contribution in [0.1, 0.15) is 37.3 Å². The van der Waals surface area contributed by atoms with Crippen LogP contribution in [0.5, 0.6) is 0 Å². The van der Waals surface area contributed by atoms with E-state index in [-0.39, 0.29) is 5.91 Å². The third-order valence-corrected chi connectivity index (χ3v) is 4.52. The molecule has 0 atom stereocenters. The van der Waals surface area contributed by atoms with Crippen molar-refractivity contribution in [1.29, 1.82) is 0 Å². The number of aliphatic imine (C=N–C) groups is 1. The van der Waals surface area contributed by atoms with E-state index in [1.54, 1.807) is 7.11 Å². The third kappa shape index (κ3) is 8.27. The van der Waals surface area contributed by atoms with Crippen LogP contribution in [0, 0.1) is 0 Å². The molecular formula is C21H34N4O3. The largest absolute Gasteiger partial charge is 0.382 e. The zero-order valence-electron chi connectivity index (χ0n) is 17.2. The second-order valence-electron chi connectivity index (χ2n) is 6.82. The molecule has 1 saturated heterocycles. The van der Waals surface area contributed by atoms with Crippen LogP contribution in [0.3, 0.4) is 0 Å². The first kappa shape index (κ1) is 22.2. The molecule has 7 heteroatoms. The quantitative estimate of drug-likeness (QED) is 0.324. The SMILES string of the molecule is CCNC(=NCc1ccc(CN2CCCC2=O)cc1)NCCCOCCOC. The highest BCUT2D eigenvalue weighted by molar-refractivity contribution is 5.79. The Kier molecular flexibility index (Phi) is 10.4. The van der Waals surface area contributed by atoms with Gasteiger partial charge in [-0.15, -0.1) is 0 Å². The lowest BCUT2D eigenvalue weighted by molar-refractivity contribution is -0.128. The van der Waals surface area contributed by atoms with E-state index in [9.17, 15) is 4.79 Å². The average molecular weight is 391 g/mol. The molecule has 28 heavy (non-hydrogen) atoms. The molecule has 1 aliphatic rings. The van der Waals surface area contributed by atoms with Gasteiger partial charge in [0.1, 0.15) is 0 Å². The first-order valence-corrected chi connectivity index (χ1v) is 10.2. The Hall–Kier alpha value is -2.12. The number of methoxy groups -OCH3 is 1. The number of carbonyl (C=O) groups is 1. The minimum Gasteiger partial charge on any atom is -0.382 e. The van der Waals surface area contributed by atoms with Gasteiger partial charge in [0, 0.05) is 46.3 Å². The van der Waals surface area contributed by atoms with Gasteiger partial charge in [-0.1, -0.05) is 24.3 Å². The summed E-state index contributed by atoms with van der Waals surface area (Å²) in [7, 11) is 1.67. The zero-order chi connectivity index (χ0) is 20.0. The Morgan fingerprint density at radius 3 is 2.61 bits per heavy atom. The monoisotopic (exact) mass is 390 g/mol. The molecular weight excluding hydrogens is 356 g/mol. The maximum absolute atomic E-state index is 11.7. The minimum atomic E-state index is 0.263. The lowest BCUT2D eigenvalue weighted by Crippen LogP contribution is -2.38. The van der Waals surface area contributed by atoms with Crippen LogP contribution in [0.15, 0.2) is 29.3 Å². The summed E-state index contributed by atoms with van der Waals surface area (Å²) in [6, 6.07) is 8.36. The molecule has 1 heterocycles. The van der Waals surface area contributed by atoms with Gasteiger partial charge in [-0.2, -0.15) is 0 Å². The predicted molar refractivity (Wildman–Crippen MR) is 111 cm³/mol. The van der Waals surface area contributed by atoms with Crippen LogP contribution in [0.2, 0.25) is 0 Å². The Morgan fingerprint density at radius 2 is 1.93 bits per heavy atom. The fourth-order valence-corrected chi connectivity index (χ4v) is 2.98. The standard InChI is InChI=1S/C21H34N4O3/c1-3-22-21(23-11-5-13-28-15-14-27-2)24-16-18-7-9-19(10-8-18)17-25-12-4-6-20(25)26/h7-10H,3-6,11-17H2,1-2H3,(H2,22,23,24). The lowest BCUT2D eigenvalue weighted by Gasteiger charge is -2.15. The number of hydrogen-bond donors (Lipinski definition) is 2. The van der Waals surface area contributed by atoms with E-state index in [0.29, 0.717) is 39.3 Å². The summed E-state index contributed by atoms with van der Waals surface area (Å²) in [5, 5.41) is 6.59. The number of guanidine groups is 1. The van der Waals surface area contributed by atoms with Gasteiger partial charge >= 0.3 is 0 Å². The van der Waals surface area contributed by atoms with Crippen LogP contribution in [0.25, 0.3) is 0 Å². The molecule has 7 nitrogen and oxygen atoms in total. The van der Waals surface area contributed by atoms with Crippen molar-refractivity contribution in [2.75, 3.05) is 46.6 Å². The fourth-order valence-electron chi connectivity index (χ4n) is 2.98. The molecule has 2 N–H and O–H groups in total. The van der Waals surface area contributed by atoms with Gasteiger partial charge in [0.05, 0.1) is 19.8 Å². The van der Waals surface area contributed by atoms with E-state index < -0.39 is 0 Å². The van der Waals surface area contributed by atoms with Crippen molar-refractivity contribution < 1.29 is 14.3 Å². The third-order valence-electron chi connectivity index (χ3n) is 4.52. The highest BCUT2D eigenvalue weighted by atomic mass is 16.5. The van der Waals surface area contributed by atoms with Crippen LogP contribution >= 0.6 is 0 Å². The summed E-state index contributed by atoms with van der Waals surface area (Å²) >= 11 is 0. The number of carbonyl (C=O) groups excluding carboxylic acids is 1. The van der Waals surface area contributed by atoms with Crippen molar-refractivity contribution in [3.63, 3.8) is 0 Å². The highest BCUT2D eigenvalue weighted by Gasteiger charge is 2.19. The summed E-state index contributed by atoms with van der Waals surface area (Å²) in [5.41, 5.74) is 2.32. The molecule has 2 rings (SSSR count).